The van der Waals surface area contributed by atoms with E-state index in [0.29, 0.717) is 12.1 Å². The Morgan fingerprint density at radius 1 is 1.32 bits per heavy atom. The second-order valence-corrected chi connectivity index (χ2v) is 7.02. The molecule has 112 valence electrons. The van der Waals surface area contributed by atoms with Crippen LogP contribution in [-0.2, 0) is 0 Å². The van der Waals surface area contributed by atoms with E-state index < -0.39 is 0 Å². The lowest BCUT2D eigenvalue weighted by molar-refractivity contribution is 0.0543. The van der Waals surface area contributed by atoms with E-state index in [4.69, 9.17) is 0 Å². The summed E-state index contributed by atoms with van der Waals surface area (Å²) in [5, 5.41) is 13.5. The molecule has 0 bridgehead atoms. The average Bonchev–Trinajstić information content (AvgIpc) is 3.19. The molecule has 2 saturated carbocycles. The zero-order chi connectivity index (χ0) is 13.9. The molecule has 0 aromatic carbocycles. The van der Waals surface area contributed by atoms with E-state index >= 15 is 0 Å². The third-order valence-corrected chi connectivity index (χ3v) is 4.83. The fourth-order valence-corrected chi connectivity index (χ4v) is 3.74. The summed E-state index contributed by atoms with van der Waals surface area (Å²) in [6, 6.07) is 1.11. The van der Waals surface area contributed by atoms with Gasteiger partial charge in [-0.15, -0.1) is 0 Å². The van der Waals surface area contributed by atoms with E-state index in [9.17, 15) is 5.11 Å². The van der Waals surface area contributed by atoms with Crippen molar-refractivity contribution in [3.63, 3.8) is 0 Å². The molecule has 2 fully saturated rings. The van der Waals surface area contributed by atoms with Gasteiger partial charge in [-0.05, 0) is 51.0 Å². The molecule has 0 saturated heterocycles. The Hall–Kier alpha value is -0.120. The van der Waals surface area contributed by atoms with Gasteiger partial charge in [-0.1, -0.05) is 20.8 Å². The normalized spacial score (nSPS) is 32.2. The van der Waals surface area contributed by atoms with Crippen molar-refractivity contribution >= 4 is 0 Å². The van der Waals surface area contributed by atoms with Crippen molar-refractivity contribution in [3.8, 4) is 0 Å². The molecule has 19 heavy (non-hydrogen) atoms. The second-order valence-electron chi connectivity index (χ2n) is 7.02. The molecule has 2 aliphatic rings. The van der Waals surface area contributed by atoms with Crippen LogP contribution in [0.2, 0.25) is 0 Å². The van der Waals surface area contributed by atoms with Gasteiger partial charge in [-0.2, -0.15) is 0 Å². The lowest BCUT2D eigenvalue weighted by Gasteiger charge is -2.45. The van der Waals surface area contributed by atoms with Gasteiger partial charge in [0.15, 0.2) is 0 Å². The van der Waals surface area contributed by atoms with Crippen molar-refractivity contribution in [3.05, 3.63) is 0 Å². The van der Waals surface area contributed by atoms with Crippen LogP contribution in [0.4, 0.5) is 0 Å². The summed E-state index contributed by atoms with van der Waals surface area (Å²) in [6.45, 7) is 9.37. The highest BCUT2D eigenvalue weighted by Gasteiger charge is 2.38. The molecule has 2 unspecified atom stereocenters. The van der Waals surface area contributed by atoms with E-state index in [-0.39, 0.29) is 12.1 Å². The first-order valence-electron chi connectivity index (χ1n) is 8.21. The summed E-state index contributed by atoms with van der Waals surface area (Å²) in [5.41, 5.74) is -0.0337. The summed E-state index contributed by atoms with van der Waals surface area (Å²) in [6.07, 6.45) is 7.65. The Morgan fingerprint density at radius 3 is 2.58 bits per heavy atom. The van der Waals surface area contributed by atoms with Gasteiger partial charge in [0.1, 0.15) is 0 Å². The number of aliphatic hydroxyl groups excluding tert-OH is 1. The number of rotatable bonds is 7. The molecule has 2 atom stereocenters. The van der Waals surface area contributed by atoms with Crippen LogP contribution in [0.1, 0.15) is 59.3 Å². The topological polar surface area (TPSA) is 35.5 Å². The molecular formula is C16H32N2O. The van der Waals surface area contributed by atoms with Crippen LogP contribution in [0.25, 0.3) is 0 Å². The highest BCUT2D eigenvalue weighted by atomic mass is 16.3. The van der Waals surface area contributed by atoms with Crippen molar-refractivity contribution in [1.82, 2.24) is 10.2 Å². The Bertz CT molecular complexity index is 278. The highest BCUT2D eigenvalue weighted by molar-refractivity contribution is 4.97. The standard InChI is InChI=1S/C16H32N2O/c1-4-18(11-14-7-8-14)15-6-5-9-16(10-15,12-19)17-13(2)3/h13-15,17,19H,4-12H2,1-3H3. The van der Waals surface area contributed by atoms with Crippen molar-refractivity contribution < 1.29 is 5.11 Å². The van der Waals surface area contributed by atoms with E-state index in [1.54, 1.807) is 0 Å². The van der Waals surface area contributed by atoms with E-state index in [2.05, 4.69) is 31.0 Å². The predicted molar refractivity (Wildman–Crippen MR) is 80.3 cm³/mol. The van der Waals surface area contributed by atoms with Crippen molar-refractivity contribution in [2.24, 2.45) is 5.92 Å². The quantitative estimate of drug-likeness (QED) is 0.744. The van der Waals surface area contributed by atoms with Gasteiger partial charge in [-0.25, -0.2) is 0 Å². The molecule has 0 aliphatic heterocycles. The van der Waals surface area contributed by atoms with Gasteiger partial charge in [0.05, 0.1) is 6.61 Å². The maximum absolute atomic E-state index is 9.88. The Morgan fingerprint density at radius 2 is 2.05 bits per heavy atom. The lowest BCUT2D eigenvalue weighted by atomic mass is 9.78. The average molecular weight is 268 g/mol. The molecule has 0 spiro atoms. The van der Waals surface area contributed by atoms with Gasteiger partial charge in [0.2, 0.25) is 0 Å². The molecular weight excluding hydrogens is 236 g/mol. The van der Waals surface area contributed by atoms with Crippen LogP contribution in [-0.4, -0.2) is 47.3 Å². The summed E-state index contributed by atoms with van der Waals surface area (Å²) in [4.78, 5) is 2.67. The first-order valence-corrected chi connectivity index (χ1v) is 8.21. The van der Waals surface area contributed by atoms with Gasteiger partial charge in [0, 0.05) is 24.2 Å². The number of nitrogens with one attached hydrogen (secondary N) is 1. The monoisotopic (exact) mass is 268 g/mol. The van der Waals surface area contributed by atoms with Crippen LogP contribution in [0.5, 0.6) is 0 Å². The third-order valence-electron chi connectivity index (χ3n) is 4.83. The number of hydrogen-bond acceptors (Lipinski definition) is 3. The molecule has 0 heterocycles. The minimum Gasteiger partial charge on any atom is -0.394 e. The first-order chi connectivity index (χ1) is 9.08. The zero-order valence-corrected chi connectivity index (χ0v) is 13.0. The highest BCUT2D eigenvalue weighted by Crippen LogP contribution is 2.35. The predicted octanol–water partition coefficient (Wildman–Crippen LogP) is 2.39. The van der Waals surface area contributed by atoms with Gasteiger partial charge < -0.3 is 15.3 Å². The Balaban J connectivity index is 1.96. The molecule has 2 aliphatic carbocycles. The minimum atomic E-state index is -0.0337. The second kappa shape index (κ2) is 6.55. The Kier molecular flexibility index (Phi) is 5.27. The summed E-state index contributed by atoms with van der Waals surface area (Å²) >= 11 is 0. The molecule has 3 heteroatoms. The lowest BCUT2D eigenvalue weighted by Crippen LogP contribution is -2.57. The van der Waals surface area contributed by atoms with Crippen LogP contribution < -0.4 is 5.32 Å². The van der Waals surface area contributed by atoms with Gasteiger partial charge in [0.25, 0.3) is 0 Å². The molecule has 0 aromatic rings. The van der Waals surface area contributed by atoms with Crippen molar-refractivity contribution in [2.45, 2.75) is 76.9 Å². The summed E-state index contributed by atoms with van der Waals surface area (Å²) < 4.78 is 0. The molecule has 2 rings (SSSR count). The molecule has 2 N–H and O–H groups in total. The first kappa shape index (κ1) is 15.3. The molecule has 0 radical (unpaired) electrons. The van der Waals surface area contributed by atoms with E-state index in [1.807, 2.05) is 0 Å². The van der Waals surface area contributed by atoms with E-state index in [1.165, 1.54) is 32.2 Å². The summed E-state index contributed by atoms with van der Waals surface area (Å²) in [5.74, 6) is 0.962. The van der Waals surface area contributed by atoms with Crippen LogP contribution in [0.3, 0.4) is 0 Å². The fourth-order valence-electron chi connectivity index (χ4n) is 3.74. The smallest absolute Gasteiger partial charge is 0.0613 e. The minimum absolute atomic E-state index is 0.0337. The number of nitrogens with zero attached hydrogens (tertiary/aromatic N) is 1. The Labute approximate surface area is 118 Å². The largest absolute Gasteiger partial charge is 0.394 e. The number of hydrogen-bond donors (Lipinski definition) is 2. The van der Waals surface area contributed by atoms with Gasteiger partial charge in [-0.3, -0.25) is 0 Å². The molecule has 0 amide bonds. The summed E-state index contributed by atoms with van der Waals surface area (Å²) in [7, 11) is 0. The molecule has 3 nitrogen and oxygen atoms in total. The maximum atomic E-state index is 9.88. The fraction of sp³-hybridized carbons (Fsp3) is 1.00. The van der Waals surface area contributed by atoms with Crippen molar-refractivity contribution in [1.29, 1.82) is 0 Å². The molecule has 0 aromatic heterocycles. The van der Waals surface area contributed by atoms with Gasteiger partial charge >= 0.3 is 0 Å². The van der Waals surface area contributed by atoms with Crippen LogP contribution >= 0.6 is 0 Å². The maximum Gasteiger partial charge on any atom is 0.0613 e. The SMILES string of the molecule is CCN(CC1CC1)C1CCCC(CO)(NC(C)C)C1. The third kappa shape index (κ3) is 4.17. The zero-order valence-electron chi connectivity index (χ0n) is 13.0. The number of aliphatic hydroxyl groups is 1. The van der Waals surface area contributed by atoms with Crippen LogP contribution in [0, 0.1) is 5.92 Å². The van der Waals surface area contributed by atoms with E-state index in [0.717, 1.165) is 25.3 Å². The van der Waals surface area contributed by atoms with Crippen molar-refractivity contribution in [2.75, 3.05) is 19.7 Å². The van der Waals surface area contributed by atoms with Crippen LogP contribution in [0.15, 0.2) is 0 Å².